The number of nitrogens with one attached hydrogen (secondary N) is 1. The van der Waals surface area contributed by atoms with E-state index in [-0.39, 0.29) is 5.41 Å². The average molecular weight is 265 g/mol. The van der Waals surface area contributed by atoms with E-state index in [0.717, 1.165) is 70.1 Å². The van der Waals surface area contributed by atoms with Crippen molar-refractivity contribution in [2.24, 2.45) is 0 Å². The molecule has 2 aliphatic heterocycles. The summed E-state index contributed by atoms with van der Waals surface area (Å²) in [7, 11) is 0. The zero-order valence-electron chi connectivity index (χ0n) is 11.7. The zero-order valence-corrected chi connectivity index (χ0v) is 11.7. The summed E-state index contributed by atoms with van der Waals surface area (Å²) in [6, 6.07) is 0. The van der Waals surface area contributed by atoms with Crippen LogP contribution in [0.2, 0.25) is 0 Å². The Morgan fingerprint density at radius 1 is 1.47 bits per heavy atom. The van der Waals surface area contributed by atoms with Gasteiger partial charge in [-0.25, -0.2) is 0 Å². The highest BCUT2D eigenvalue weighted by atomic mass is 16.5. The normalized spacial score (nSPS) is 31.7. The predicted molar refractivity (Wildman–Crippen MR) is 71.2 cm³/mol. The Hall–Kier alpha value is -0.940. The lowest BCUT2D eigenvalue weighted by atomic mass is 9.82. The maximum Gasteiger partial charge on any atom is 0.234 e. The second kappa shape index (κ2) is 5.59. The Bertz CT molecular complexity index is 407. The van der Waals surface area contributed by atoms with Gasteiger partial charge in [-0.1, -0.05) is 18.5 Å². The molecular weight excluding hydrogens is 242 g/mol. The van der Waals surface area contributed by atoms with Crippen LogP contribution in [0, 0.1) is 0 Å². The molecule has 106 valence electrons. The Morgan fingerprint density at radius 2 is 2.42 bits per heavy atom. The minimum atomic E-state index is 0.0650. The number of nitrogens with zero attached hydrogens (tertiary/aromatic N) is 2. The van der Waals surface area contributed by atoms with E-state index in [1.807, 2.05) is 0 Å². The van der Waals surface area contributed by atoms with Gasteiger partial charge in [0.15, 0.2) is 5.82 Å². The van der Waals surface area contributed by atoms with Gasteiger partial charge in [-0.05, 0) is 32.2 Å². The monoisotopic (exact) mass is 265 g/mol. The molecule has 0 radical (unpaired) electrons. The van der Waals surface area contributed by atoms with E-state index >= 15 is 0 Å². The summed E-state index contributed by atoms with van der Waals surface area (Å²) < 4.78 is 11.1. The highest BCUT2D eigenvalue weighted by Crippen LogP contribution is 2.35. The van der Waals surface area contributed by atoms with Crippen molar-refractivity contribution >= 4 is 0 Å². The van der Waals surface area contributed by atoms with E-state index in [0.29, 0.717) is 5.92 Å². The average Bonchev–Trinajstić information content (AvgIpc) is 3.09. The van der Waals surface area contributed by atoms with Crippen LogP contribution >= 0.6 is 0 Å². The first kappa shape index (κ1) is 13.1. The number of ether oxygens (including phenoxy) is 1. The largest absolute Gasteiger partial charge is 0.381 e. The molecule has 0 saturated carbocycles. The van der Waals surface area contributed by atoms with Crippen LogP contribution in [0.3, 0.4) is 0 Å². The van der Waals surface area contributed by atoms with Crippen LogP contribution in [0.4, 0.5) is 0 Å². The van der Waals surface area contributed by atoms with E-state index < -0.39 is 0 Å². The molecular formula is C14H23N3O2. The molecule has 1 N–H and O–H groups in total. The van der Waals surface area contributed by atoms with Gasteiger partial charge in [0.05, 0.1) is 12.0 Å². The summed E-state index contributed by atoms with van der Waals surface area (Å²) in [5.74, 6) is 2.00. The molecule has 5 heteroatoms. The first-order chi connectivity index (χ1) is 9.34. The van der Waals surface area contributed by atoms with Crippen molar-refractivity contribution in [1.29, 1.82) is 0 Å². The molecule has 3 heterocycles. The Kier molecular flexibility index (Phi) is 3.84. The molecule has 1 aromatic heterocycles. The van der Waals surface area contributed by atoms with E-state index in [2.05, 4.69) is 17.4 Å². The van der Waals surface area contributed by atoms with Gasteiger partial charge in [0.25, 0.3) is 0 Å². The molecule has 2 fully saturated rings. The van der Waals surface area contributed by atoms with Crippen molar-refractivity contribution in [2.45, 2.75) is 50.4 Å². The van der Waals surface area contributed by atoms with Crippen LogP contribution in [0.15, 0.2) is 4.52 Å². The summed E-state index contributed by atoms with van der Waals surface area (Å²) in [6.07, 6.45) is 5.56. The molecule has 2 atom stereocenters. The maximum absolute atomic E-state index is 5.60. The standard InChI is InChI=1S/C14H23N3O2/c1-2-5-14(6-7-15-10-14)13-16-12(17-19-13)11-4-3-8-18-9-11/h11,15H,2-10H2,1H3. The minimum Gasteiger partial charge on any atom is -0.381 e. The fourth-order valence-corrected chi connectivity index (χ4v) is 3.29. The highest BCUT2D eigenvalue weighted by Gasteiger charge is 2.40. The van der Waals surface area contributed by atoms with Gasteiger partial charge < -0.3 is 14.6 Å². The number of rotatable bonds is 4. The fraction of sp³-hybridized carbons (Fsp3) is 0.857. The lowest BCUT2D eigenvalue weighted by Gasteiger charge is -2.23. The van der Waals surface area contributed by atoms with Gasteiger partial charge >= 0.3 is 0 Å². The van der Waals surface area contributed by atoms with Crippen LogP contribution in [-0.2, 0) is 10.2 Å². The lowest BCUT2D eigenvalue weighted by Crippen LogP contribution is -2.29. The van der Waals surface area contributed by atoms with Gasteiger partial charge in [0, 0.05) is 19.1 Å². The number of hydrogen-bond donors (Lipinski definition) is 1. The fourth-order valence-electron chi connectivity index (χ4n) is 3.29. The van der Waals surface area contributed by atoms with E-state index in [4.69, 9.17) is 14.2 Å². The van der Waals surface area contributed by atoms with E-state index in [1.165, 1.54) is 0 Å². The van der Waals surface area contributed by atoms with Crippen molar-refractivity contribution in [1.82, 2.24) is 15.5 Å². The SMILES string of the molecule is CCCC1(c2nc(C3CCCOC3)no2)CCNC1. The van der Waals surface area contributed by atoms with Gasteiger partial charge in [-0.3, -0.25) is 0 Å². The molecule has 0 spiro atoms. The second-order valence-electron chi connectivity index (χ2n) is 5.83. The molecule has 2 aliphatic rings. The third kappa shape index (κ3) is 2.54. The van der Waals surface area contributed by atoms with Crippen molar-refractivity contribution in [2.75, 3.05) is 26.3 Å². The summed E-state index contributed by atoms with van der Waals surface area (Å²) >= 11 is 0. The third-order valence-electron chi connectivity index (χ3n) is 4.39. The van der Waals surface area contributed by atoms with Crippen molar-refractivity contribution in [3.05, 3.63) is 11.7 Å². The first-order valence-electron chi connectivity index (χ1n) is 7.46. The van der Waals surface area contributed by atoms with Crippen molar-refractivity contribution in [3.8, 4) is 0 Å². The molecule has 1 aromatic rings. The van der Waals surface area contributed by atoms with Gasteiger partial charge in [-0.15, -0.1) is 0 Å². The quantitative estimate of drug-likeness (QED) is 0.902. The summed E-state index contributed by atoms with van der Waals surface area (Å²) in [5.41, 5.74) is 0.0650. The molecule has 5 nitrogen and oxygen atoms in total. The summed E-state index contributed by atoms with van der Waals surface area (Å²) in [5, 5.41) is 7.65. The van der Waals surface area contributed by atoms with Gasteiger partial charge in [0.1, 0.15) is 0 Å². The number of aromatic nitrogens is 2. The van der Waals surface area contributed by atoms with Gasteiger partial charge in [0.2, 0.25) is 5.89 Å². The third-order valence-corrected chi connectivity index (χ3v) is 4.39. The maximum atomic E-state index is 5.60. The highest BCUT2D eigenvalue weighted by molar-refractivity contribution is 5.11. The minimum absolute atomic E-state index is 0.0650. The van der Waals surface area contributed by atoms with Gasteiger partial charge in [-0.2, -0.15) is 4.98 Å². The smallest absolute Gasteiger partial charge is 0.234 e. The topological polar surface area (TPSA) is 60.2 Å². The Balaban J connectivity index is 1.79. The summed E-state index contributed by atoms with van der Waals surface area (Å²) in [6.45, 7) is 5.82. The zero-order chi connectivity index (χ0) is 13.1. The summed E-state index contributed by atoms with van der Waals surface area (Å²) in [4.78, 5) is 4.71. The molecule has 2 saturated heterocycles. The van der Waals surface area contributed by atoms with Crippen LogP contribution in [0.1, 0.15) is 56.7 Å². The van der Waals surface area contributed by atoms with E-state index in [9.17, 15) is 0 Å². The second-order valence-corrected chi connectivity index (χ2v) is 5.83. The molecule has 0 bridgehead atoms. The lowest BCUT2D eigenvalue weighted by molar-refractivity contribution is 0.0773. The van der Waals surface area contributed by atoms with Crippen molar-refractivity contribution < 1.29 is 9.26 Å². The molecule has 2 unspecified atom stereocenters. The number of hydrogen-bond acceptors (Lipinski definition) is 5. The predicted octanol–water partition coefficient (Wildman–Crippen LogP) is 1.99. The van der Waals surface area contributed by atoms with Crippen LogP contribution in [-0.4, -0.2) is 36.4 Å². The molecule has 0 aliphatic carbocycles. The first-order valence-corrected chi connectivity index (χ1v) is 7.46. The molecule has 0 amide bonds. The van der Waals surface area contributed by atoms with Crippen LogP contribution in [0.25, 0.3) is 0 Å². The Labute approximate surface area is 114 Å². The Morgan fingerprint density at radius 3 is 3.11 bits per heavy atom. The molecule has 0 aromatic carbocycles. The van der Waals surface area contributed by atoms with Crippen LogP contribution < -0.4 is 5.32 Å². The molecule has 3 rings (SSSR count). The molecule has 19 heavy (non-hydrogen) atoms. The van der Waals surface area contributed by atoms with Crippen molar-refractivity contribution in [3.63, 3.8) is 0 Å². The van der Waals surface area contributed by atoms with E-state index in [1.54, 1.807) is 0 Å². The van der Waals surface area contributed by atoms with Crippen LogP contribution in [0.5, 0.6) is 0 Å².